The van der Waals surface area contributed by atoms with Crippen molar-refractivity contribution in [3.63, 3.8) is 0 Å². The molecule has 15 heavy (non-hydrogen) atoms. The molecule has 0 saturated heterocycles. The van der Waals surface area contributed by atoms with Crippen LogP contribution < -0.4 is 9.47 Å². The van der Waals surface area contributed by atoms with Crippen LogP contribution in [0.2, 0.25) is 0 Å². The Balaban J connectivity index is 3.06. The van der Waals surface area contributed by atoms with Gasteiger partial charge in [-0.15, -0.1) is 13.2 Å². The van der Waals surface area contributed by atoms with Gasteiger partial charge in [-0.05, 0) is 22.0 Å². The van der Waals surface area contributed by atoms with E-state index in [0.29, 0.717) is 0 Å². The van der Waals surface area contributed by atoms with Crippen molar-refractivity contribution in [2.24, 2.45) is 0 Å². The fourth-order valence-corrected chi connectivity index (χ4v) is 1.32. The third-order valence-corrected chi connectivity index (χ3v) is 2.06. The molecule has 0 amide bonds. The van der Waals surface area contributed by atoms with Gasteiger partial charge in [-0.25, -0.2) is 0 Å². The van der Waals surface area contributed by atoms with E-state index in [1.165, 1.54) is 7.11 Å². The van der Waals surface area contributed by atoms with Crippen molar-refractivity contribution in [2.75, 3.05) is 7.11 Å². The number of benzene rings is 1. The maximum absolute atomic E-state index is 11.9. The molecule has 0 heterocycles. The molecule has 0 unspecified atom stereocenters. The Bertz CT molecular complexity index is 365. The molecule has 0 aromatic heterocycles. The third kappa shape index (κ3) is 3.19. The SMILES string of the molecule is COc1cc(OC(F)(F)F)cc(Br)c1O. The molecule has 1 rings (SSSR count). The smallest absolute Gasteiger partial charge is 0.503 e. The molecule has 0 saturated carbocycles. The molecule has 0 aliphatic carbocycles. The van der Waals surface area contributed by atoms with E-state index in [-0.39, 0.29) is 16.0 Å². The van der Waals surface area contributed by atoms with Gasteiger partial charge in [0, 0.05) is 6.07 Å². The minimum Gasteiger partial charge on any atom is -0.503 e. The fourth-order valence-electron chi connectivity index (χ4n) is 0.898. The molecular weight excluding hydrogens is 281 g/mol. The molecule has 84 valence electrons. The lowest BCUT2D eigenvalue weighted by Gasteiger charge is -2.11. The largest absolute Gasteiger partial charge is 0.573 e. The van der Waals surface area contributed by atoms with Crippen LogP contribution in [0.5, 0.6) is 17.2 Å². The van der Waals surface area contributed by atoms with E-state index < -0.39 is 12.1 Å². The molecule has 1 N–H and O–H groups in total. The Hall–Kier alpha value is -1.11. The van der Waals surface area contributed by atoms with Gasteiger partial charge in [0.1, 0.15) is 5.75 Å². The van der Waals surface area contributed by atoms with E-state index in [9.17, 15) is 18.3 Å². The first-order valence-corrected chi connectivity index (χ1v) is 4.45. The van der Waals surface area contributed by atoms with Crippen LogP contribution in [0.3, 0.4) is 0 Å². The average molecular weight is 287 g/mol. The summed E-state index contributed by atoms with van der Waals surface area (Å²) in [5.41, 5.74) is 0. The van der Waals surface area contributed by atoms with Gasteiger partial charge in [0.05, 0.1) is 11.6 Å². The van der Waals surface area contributed by atoms with E-state index in [2.05, 4.69) is 25.4 Å². The summed E-state index contributed by atoms with van der Waals surface area (Å²) in [5, 5.41) is 9.31. The number of alkyl halides is 3. The van der Waals surface area contributed by atoms with Crippen LogP contribution in [0, 0.1) is 0 Å². The van der Waals surface area contributed by atoms with E-state index in [1.54, 1.807) is 0 Å². The quantitative estimate of drug-likeness (QED) is 0.908. The van der Waals surface area contributed by atoms with Gasteiger partial charge in [0.25, 0.3) is 0 Å². The Labute approximate surface area is 91.5 Å². The molecule has 0 radical (unpaired) electrons. The van der Waals surface area contributed by atoms with Crippen LogP contribution in [0.1, 0.15) is 0 Å². The molecule has 1 aromatic carbocycles. The van der Waals surface area contributed by atoms with E-state index in [1.807, 2.05) is 0 Å². The Morgan fingerprint density at radius 3 is 2.40 bits per heavy atom. The lowest BCUT2D eigenvalue weighted by molar-refractivity contribution is -0.274. The lowest BCUT2D eigenvalue weighted by atomic mass is 10.3. The van der Waals surface area contributed by atoms with Crippen LogP contribution in [-0.2, 0) is 0 Å². The zero-order chi connectivity index (χ0) is 11.6. The monoisotopic (exact) mass is 286 g/mol. The molecule has 7 heteroatoms. The van der Waals surface area contributed by atoms with Crippen LogP contribution in [0.4, 0.5) is 13.2 Å². The van der Waals surface area contributed by atoms with Gasteiger partial charge in [0.2, 0.25) is 0 Å². The second kappa shape index (κ2) is 4.18. The number of halogens is 4. The number of phenolic OH excluding ortho intramolecular Hbond substituents is 1. The Morgan fingerprint density at radius 1 is 1.33 bits per heavy atom. The molecule has 0 fully saturated rings. The second-order valence-corrected chi connectivity index (χ2v) is 3.36. The first-order chi connectivity index (χ1) is 6.83. The van der Waals surface area contributed by atoms with Crippen molar-refractivity contribution in [3.05, 3.63) is 16.6 Å². The molecule has 3 nitrogen and oxygen atoms in total. The van der Waals surface area contributed by atoms with E-state index in [4.69, 9.17) is 0 Å². The summed E-state index contributed by atoms with van der Waals surface area (Å²) >= 11 is 2.87. The minimum absolute atomic E-state index is 0.0566. The zero-order valence-electron chi connectivity index (χ0n) is 7.43. The van der Waals surface area contributed by atoms with Gasteiger partial charge in [-0.2, -0.15) is 0 Å². The van der Waals surface area contributed by atoms with E-state index >= 15 is 0 Å². The maximum atomic E-state index is 11.9. The highest BCUT2D eigenvalue weighted by molar-refractivity contribution is 9.10. The van der Waals surface area contributed by atoms with Crippen LogP contribution in [0.15, 0.2) is 16.6 Å². The number of hydrogen-bond donors (Lipinski definition) is 1. The van der Waals surface area contributed by atoms with Gasteiger partial charge >= 0.3 is 6.36 Å². The Morgan fingerprint density at radius 2 is 1.93 bits per heavy atom. The van der Waals surface area contributed by atoms with Gasteiger partial charge < -0.3 is 14.6 Å². The second-order valence-electron chi connectivity index (χ2n) is 2.50. The number of aromatic hydroxyl groups is 1. The summed E-state index contributed by atoms with van der Waals surface area (Å²) in [5.74, 6) is -0.861. The summed E-state index contributed by atoms with van der Waals surface area (Å²) in [6, 6.07) is 1.93. The number of methoxy groups -OCH3 is 1. The highest BCUT2D eigenvalue weighted by atomic mass is 79.9. The lowest BCUT2D eigenvalue weighted by Crippen LogP contribution is -2.17. The summed E-state index contributed by atoms with van der Waals surface area (Å²) in [7, 11) is 1.22. The number of phenols is 1. The molecule has 0 bridgehead atoms. The van der Waals surface area contributed by atoms with Gasteiger partial charge in [-0.1, -0.05) is 0 Å². The van der Waals surface area contributed by atoms with Crippen LogP contribution in [-0.4, -0.2) is 18.6 Å². The van der Waals surface area contributed by atoms with Crippen molar-refractivity contribution >= 4 is 15.9 Å². The number of ether oxygens (including phenoxy) is 2. The number of rotatable bonds is 2. The van der Waals surface area contributed by atoms with Crippen molar-refractivity contribution in [3.8, 4) is 17.2 Å². The standard InChI is InChI=1S/C8H6BrF3O3/c1-14-6-3-4(15-8(10,11)12)2-5(9)7(6)13/h2-3,13H,1H3. The zero-order valence-corrected chi connectivity index (χ0v) is 9.02. The summed E-state index contributed by atoms with van der Waals surface area (Å²) in [6.45, 7) is 0. The van der Waals surface area contributed by atoms with Crippen molar-refractivity contribution in [1.29, 1.82) is 0 Å². The maximum Gasteiger partial charge on any atom is 0.573 e. The first-order valence-electron chi connectivity index (χ1n) is 3.65. The minimum atomic E-state index is -4.78. The van der Waals surface area contributed by atoms with Crippen molar-refractivity contribution in [1.82, 2.24) is 0 Å². The van der Waals surface area contributed by atoms with Crippen molar-refractivity contribution < 1.29 is 27.8 Å². The summed E-state index contributed by atoms with van der Waals surface area (Å²) in [6.07, 6.45) is -4.78. The number of hydrogen-bond acceptors (Lipinski definition) is 3. The topological polar surface area (TPSA) is 38.7 Å². The van der Waals surface area contributed by atoms with Crippen molar-refractivity contribution in [2.45, 2.75) is 6.36 Å². The fraction of sp³-hybridized carbons (Fsp3) is 0.250. The molecule has 0 aliphatic rings. The van der Waals surface area contributed by atoms with E-state index in [0.717, 1.165) is 12.1 Å². The normalized spacial score (nSPS) is 11.3. The Kier molecular flexibility index (Phi) is 3.33. The average Bonchev–Trinajstić information content (AvgIpc) is 2.08. The molecule has 0 atom stereocenters. The summed E-state index contributed by atoms with van der Waals surface area (Å²) in [4.78, 5) is 0. The van der Waals surface area contributed by atoms with Crippen LogP contribution >= 0.6 is 15.9 Å². The molecular formula is C8H6BrF3O3. The molecule has 1 aromatic rings. The third-order valence-electron chi connectivity index (χ3n) is 1.46. The predicted octanol–water partition coefficient (Wildman–Crippen LogP) is 3.06. The predicted molar refractivity (Wildman–Crippen MR) is 49.0 cm³/mol. The highest BCUT2D eigenvalue weighted by Gasteiger charge is 2.31. The highest BCUT2D eigenvalue weighted by Crippen LogP contribution is 2.39. The van der Waals surface area contributed by atoms with Gasteiger partial charge in [0.15, 0.2) is 11.5 Å². The van der Waals surface area contributed by atoms with Crippen LogP contribution in [0.25, 0.3) is 0 Å². The first kappa shape index (κ1) is 12.0. The molecule has 0 spiro atoms. The van der Waals surface area contributed by atoms with Gasteiger partial charge in [-0.3, -0.25) is 0 Å². The molecule has 0 aliphatic heterocycles. The summed E-state index contributed by atoms with van der Waals surface area (Å²) < 4.78 is 44.0.